The molecule has 0 unspecified atom stereocenters. The smallest absolute Gasteiger partial charge is 0.242 e. The van der Waals surface area contributed by atoms with E-state index in [1.807, 2.05) is 6.92 Å². The summed E-state index contributed by atoms with van der Waals surface area (Å²) < 4.78 is 28.4. The fourth-order valence-electron chi connectivity index (χ4n) is 1.71. The van der Waals surface area contributed by atoms with Gasteiger partial charge in [0.1, 0.15) is 5.01 Å². The lowest BCUT2D eigenvalue weighted by atomic mass is 10.4. The lowest BCUT2D eigenvalue weighted by molar-refractivity contribution is 0.272. The fourth-order valence-corrected chi connectivity index (χ4v) is 3.69. The predicted octanol–water partition coefficient (Wildman–Crippen LogP) is 1.01. The maximum absolute atomic E-state index is 12.1. The van der Waals surface area contributed by atoms with Crippen LogP contribution >= 0.6 is 11.3 Å². The molecule has 8 heteroatoms. The van der Waals surface area contributed by atoms with Crippen LogP contribution in [0.5, 0.6) is 0 Å². The topological polar surface area (TPSA) is 84.2 Å². The van der Waals surface area contributed by atoms with Crippen LogP contribution in [0.15, 0.2) is 23.4 Å². The Labute approximate surface area is 122 Å². The summed E-state index contributed by atoms with van der Waals surface area (Å²) in [4.78, 5) is 5.44. The van der Waals surface area contributed by atoms with Gasteiger partial charge in [0.05, 0.1) is 18.0 Å². The van der Waals surface area contributed by atoms with Gasteiger partial charge in [0.25, 0.3) is 0 Å². The van der Waals surface area contributed by atoms with Crippen molar-refractivity contribution in [2.45, 2.75) is 31.4 Å². The Hall–Kier alpha value is -1.22. The lowest BCUT2D eigenvalue weighted by Crippen LogP contribution is -2.22. The first-order chi connectivity index (χ1) is 9.46. The number of aromatic nitrogens is 2. The predicted molar refractivity (Wildman–Crippen MR) is 76.9 cm³/mol. The molecule has 0 aliphatic rings. The van der Waals surface area contributed by atoms with Gasteiger partial charge in [0.2, 0.25) is 10.0 Å². The largest absolute Gasteiger partial charge is 0.390 e. The Morgan fingerprint density at radius 1 is 1.50 bits per heavy atom. The molecule has 2 aromatic heterocycles. The van der Waals surface area contributed by atoms with Gasteiger partial charge in [-0.25, -0.2) is 18.1 Å². The highest BCUT2D eigenvalue weighted by atomic mass is 32.2. The third-order valence-electron chi connectivity index (χ3n) is 2.92. The number of aliphatic hydroxyl groups excluding tert-OH is 1. The van der Waals surface area contributed by atoms with Crippen molar-refractivity contribution >= 4 is 21.4 Å². The van der Waals surface area contributed by atoms with Crippen molar-refractivity contribution in [2.24, 2.45) is 7.05 Å². The maximum atomic E-state index is 12.1. The van der Waals surface area contributed by atoms with E-state index >= 15 is 0 Å². The van der Waals surface area contributed by atoms with Gasteiger partial charge in [-0.3, -0.25) is 0 Å². The van der Waals surface area contributed by atoms with E-state index in [1.165, 1.54) is 23.6 Å². The van der Waals surface area contributed by atoms with Crippen molar-refractivity contribution < 1.29 is 13.5 Å². The molecule has 0 amide bonds. The van der Waals surface area contributed by atoms with Gasteiger partial charge >= 0.3 is 0 Å². The molecule has 0 saturated heterocycles. The second-order valence-corrected chi connectivity index (χ2v) is 7.30. The van der Waals surface area contributed by atoms with Crippen molar-refractivity contribution in [3.05, 3.63) is 34.0 Å². The van der Waals surface area contributed by atoms with E-state index in [1.54, 1.807) is 17.8 Å². The highest BCUT2D eigenvalue weighted by Gasteiger charge is 2.17. The minimum Gasteiger partial charge on any atom is -0.390 e. The molecule has 2 rings (SSSR count). The molecular weight excluding hydrogens is 298 g/mol. The first-order valence-corrected chi connectivity index (χ1v) is 8.45. The molecule has 0 fully saturated rings. The molecular formula is C12H17N3O3S2. The van der Waals surface area contributed by atoms with Crippen LogP contribution in [0, 0.1) is 0 Å². The van der Waals surface area contributed by atoms with Crippen LogP contribution in [-0.4, -0.2) is 23.1 Å². The number of rotatable bonds is 6. The van der Waals surface area contributed by atoms with E-state index in [-0.39, 0.29) is 18.0 Å². The molecule has 0 saturated carbocycles. The minimum atomic E-state index is -3.58. The zero-order valence-corrected chi connectivity index (χ0v) is 13.0. The highest BCUT2D eigenvalue weighted by Crippen LogP contribution is 2.16. The molecule has 0 aromatic carbocycles. The third-order valence-corrected chi connectivity index (χ3v) is 5.43. The number of aryl methyl sites for hydroxylation is 2. The number of hydrogen-bond donors (Lipinski definition) is 2. The van der Waals surface area contributed by atoms with Crippen molar-refractivity contribution in [1.82, 2.24) is 14.3 Å². The molecule has 0 bridgehead atoms. The first-order valence-electron chi connectivity index (χ1n) is 6.15. The van der Waals surface area contributed by atoms with Gasteiger partial charge in [0.15, 0.2) is 0 Å². The summed E-state index contributed by atoms with van der Waals surface area (Å²) in [5.41, 5.74) is 0.549. The van der Waals surface area contributed by atoms with Crippen molar-refractivity contribution in [3.8, 4) is 0 Å². The van der Waals surface area contributed by atoms with Crippen molar-refractivity contribution in [1.29, 1.82) is 0 Å². The number of thiazole rings is 1. The second-order valence-electron chi connectivity index (χ2n) is 4.33. The number of nitrogens with one attached hydrogen (secondary N) is 1. The number of hydrogen-bond acceptors (Lipinski definition) is 5. The molecule has 2 heterocycles. The van der Waals surface area contributed by atoms with E-state index in [2.05, 4.69) is 9.71 Å². The first kappa shape index (κ1) is 15.2. The van der Waals surface area contributed by atoms with Gasteiger partial charge in [-0.05, 0) is 12.5 Å². The van der Waals surface area contributed by atoms with Crippen LogP contribution in [0.4, 0.5) is 0 Å². The highest BCUT2D eigenvalue weighted by molar-refractivity contribution is 7.89. The van der Waals surface area contributed by atoms with Crippen LogP contribution in [0.2, 0.25) is 0 Å². The normalized spacial score (nSPS) is 11.9. The van der Waals surface area contributed by atoms with Crippen LogP contribution in [0.1, 0.15) is 22.5 Å². The molecule has 6 nitrogen and oxygen atoms in total. The van der Waals surface area contributed by atoms with Crippen molar-refractivity contribution in [3.63, 3.8) is 0 Å². The molecule has 0 radical (unpaired) electrons. The van der Waals surface area contributed by atoms with E-state index in [4.69, 9.17) is 5.11 Å². The molecule has 2 N–H and O–H groups in total. The average Bonchev–Trinajstić information content (AvgIpc) is 3.02. The van der Waals surface area contributed by atoms with Crippen LogP contribution in [0.3, 0.4) is 0 Å². The van der Waals surface area contributed by atoms with Gasteiger partial charge in [-0.2, -0.15) is 0 Å². The average molecular weight is 315 g/mol. The standard InChI is InChI=1S/C12H17N3O3S2/c1-3-10-5-13-12(19-10)6-14-20(17,18)11-4-9(8-16)15(2)7-11/h4-5,7,14,16H,3,6,8H2,1-2H3. The van der Waals surface area contributed by atoms with Crippen LogP contribution < -0.4 is 4.72 Å². The van der Waals surface area contributed by atoms with Crippen LogP contribution in [-0.2, 0) is 36.6 Å². The van der Waals surface area contributed by atoms with E-state index in [9.17, 15) is 8.42 Å². The SMILES string of the molecule is CCc1cnc(CNS(=O)(=O)c2cc(CO)n(C)c2)s1. The fraction of sp³-hybridized carbons (Fsp3) is 0.417. The van der Waals surface area contributed by atoms with Crippen molar-refractivity contribution in [2.75, 3.05) is 0 Å². The zero-order chi connectivity index (χ0) is 14.8. The zero-order valence-electron chi connectivity index (χ0n) is 11.3. The maximum Gasteiger partial charge on any atom is 0.242 e. The van der Waals surface area contributed by atoms with Crippen LogP contribution in [0.25, 0.3) is 0 Å². The van der Waals surface area contributed by atoms with Gasteiger partial charge in [-0.15, -0.1) is 11.3 Å². The Balaban J connectivity index is 2.10. The third kappa shape index (κ3) is 3.26. The van der Waals surface area contributed by atoms with Gasteiger partial charge < -0.3 is 9.67 Å². The Morgan fingerprint density at radius 3 is 2.80 bits per heavy atom. The molecule has 2 aromatic rings. The summed E-state index contributed by atoms with van der Waals surface area (Å²) in [6.45, 7) is 2.01. The molecule has 0 spiro atoms. The van der Waals surface area contributed by atoms with Gasteiger partial charge in [-0.1, -0.05) is 6.92 Å². The molecule has 0 aliphatic heterocycles. The second kappa shape index (κ2) is 6.04. The van der Waals surface area contributed by atoms with E-state index in [0.717, 1.165) is 16.3 Å². The summed E-state index contributed by atoms with van der Waals surface area (Å²) in [5, 5.41) is 9.83. The number of aliphatic hydroxyl groups is 1. The summed E-state index contributed by atoms with van der Waals surface area (Å²) in [6.07, 6.45) is 4.14. The Kier molecular flexibility index (Phi) is 4.59. The molecule has 0 aliphatic carbocycles. The van der Waals surface area contributed by atoms with E-state index in [0.29, 0.717) is 5.69 Å². The summed E-state index contributed by atoms with van der Waals surface area (Å²) >= 11 is 1.50. The molecule has 110 valence electrons. The summed E-state index contributed by atoms with van der Waals surface area (Å²) in [6, 6.07) is 1.46. The number of sulfonamides is 1. The Morgan fingerprint density at radius 2 is 2.25 bits per heavy atom. The number of nitrogens with zero attached hydrogens (tertiary/aromatic N) is 2. The lowest BCUT2D eigenvalue weighted by Gasteiger charge is -2.02. The quantitative estimate of drug-likeness (QED) is 0.833. The minimum absolute atomic E-state index is 0.149. The summed E-state index contributed by atoms with van der Waals surface area (Å²) in [7, 11) is -1.89. The molecule has 20 heavy (non-hydrogen) atoms. The molecule has 0 atom stereocenters. The van der Waals surface area contributed by atoms with E-state index < -0.39 is 10.0 Å². The monoisotopic (exact) mass is 315 g/mol. The summed E-state index contributed by atoms with van der Waals surface area (Å²) in [5.74, 6) is 0. The Bertz CT molecular complexity index is 689. The van der Waals surface area contributed by atoms with Gasteiger partial charge in [0, 0.05) is 30.0 Å².